The van der Waals surface area contributed by atoms with E-state index in [0.29, 0.717) is 0 Å². The molecule has 4 heteroatoms. The second kappa shape index (κ2) is 2.84. The zero-order valence-electron chi connectivity index (χ0n) is 4.42. The van der Waals surface area contributed by atoms with Crippen LogP contribution < -0.4 is 23.8 Å². The van der Waals surface area contributed by atoms with Gasteiger partial charge in [0.2, 0.25) is 0 Å². The average Bonchev–Trinajstić information content (AvgIpc) is 1.86. The van der Waals surface area contributed by atoms with Crippen LogP contribution in [0.2, 0.25) is 0 Å². The molecule has 1 aromatic heterocycles. The van der Waals surface area contributed by atoms with Gasteiger partial charge in [0.25, 0.3) is 0 Å². The number of hydrogen-bond donors (Lipinski definition) is 0. The number of hydrogen-bond acceptors (Lipinski definition) is 2. The van der Waals surface area contributed by atoms with Crippen LogP contribution >= 0.6 is 0 Å². The molecule has 0 aromatic carbocycles. The number of aryl methyl sites for hydroxylation is 1. The zero-order valence-corrected chi connectivity index (χ0v) is 4.42. The van der Waals surface area contributed by atoms with Gasteiger partial charge >= 0.3 is 18.9 Å². The Labute approximate surface area is 53.7 Å². The minimum atomic E-state index is 0. The van der Waals surface area contributed by atoms with Crippen molar-refractivity contribution in [1.82, 2.24) is 15.2 Å². The molecule has 0 atom stereocenters. The van der Waals surface area contributed by atoms with Gasteiger partial charge in [-0.1, -0.05) is 0 Å². The van der Waals surface area contributed by atoms with Crippen molar-refractivity contribution in [1.29, 1.82) is 0 Å². The molecule has 0 aliphatic rings. The van der Waals surface area contributed by atoms with Crippen LogP contribution in [0.25, 0.3) is 0 Å². The van der Waals surface area contributed by atoms with Crippen LogP contribution in [-0.2, 0) is 0 Å². The molecule has 0 unspecified atom stereocenters. The van der Waals surface area contributed by atoms with Gasteiger partial charge in [0.1, 0.15) is 0 Å². The first kappa shape index (κ1) is 6.74. The molecule has 0 bridgehead atoms. The van der Waals surface area contributed by atoms with E-state index in [1.807, 2.05) is 0 Å². The van der Waals surface area contributed by atoms with E-state index in [-0.39, 0.29) is 18.9 Å². The first-order valence-electron chi connectivity index (χ1n) is 1.66. The fraction of sp³-hybridized carbons (Fsp3) is 0.333. The van der Waals surface area contributed by atoms with Crippen LogP contribution in [0, 0.1) is 6.92 Å². The van der Waals surface area contributed by atoms with E-state index in [4.69, 9.17) is 0 Å². The maximum absolute atomic E-state index is 3.69. The second-order valence-corrected chi connectivity index (χ2v) is 1.01. The number of aromatic nitrogens is 3. The summed E-state index contributed by atoms with van der Waals surface area (Å²) in [5.74, 6) is 0.731. The largest absolute Gasteiger partial charge is 1.00 e. The molecule has 0 aliphatic heterocycles. The van der Waals surface area contributed by atoms with Crippen LogP contribution in [0.4, 0.5) is 0 Å². The van der Waals surface area contributed by atoms with Crippen molar-refractivity contribution in [3.63, 3.8) is 0 Å². The summed E-state index contributed by atoms with van der Waals surface area (Å²) in [4.78, 5) is 3.69. The van der Waals surface area contributed by atoms with Crippen LogP contribution in [0.3, 0.4) is 0 Å². The normalized spacial score (nSPS) is 7.57. The smallest absolute Gasteiger partial charge is 0.370 e. The van der Waals surface area contributed by atoms with Gasteiger partial charge in [-0.15, -0.1) is 0 Å². The predicted molar refractivity (Wildman–Crippen MR) is 20.1 cm³/mol. The molecule has 1 heterocycles. The first-order chi connectivity index (χ1) is 2.89. The Morgan fingerprint density at radius 3 is 2.57 bits per heavy atom. The Balaban J connectivity index is 0.000000360. The molecular formula is C3H4LiN3. The van der Waals surface area contributed by atoms with E-state index >= 15 is 0 Å². The summed E-state index contributed by atoms with van der Waals surface area (Å²) in [6.07, 6.45) is 1.43. The maximum Gasteiger partial charge on any atom is 1.00 e. The van der Waals surface area contributed by atoms with Gasteiger partial charge in [0, 0.05) is 0 Å². The number of nitrogens with zero attached hydrogens (tertiary/aromatic N) is 3. The third-order valence-corrected chi connectivity index (χ3v) is 0.499. The van der Waals surface area contributed by atoms with E-state index in [1.165, 1.54) is 6.33 Å². The summed E-state index contributed by atoms with van der Waals surface area (Å²) < 4.78 is 0. The van der Waals surface area contributed by atoms with Gasteiger partial charge in [-0.05, 0) is 19.1 Å². The standard InChI is InChI=1S/C3H4N3.Li/c1-3-4-2-5-6-3;/h2H,1H3;/q-1;+1. The van der Waals surface area contributed by atoms with E-state index in [0.717, 1.165) is 5.82 Å². The summed E-state index contributed by atoms with van der Waals surface area (Å²) in [6.45, 7) is 1.80. The maximum atomic E-state index is 3.69. The Bertz CT molecular complexity index is 114. The zero-order chi connectivity index (χ0) is 4.41. The fourth-order valence-corrected chi connectivity index (χ4v) is 0.245. The fourth-order valence-electron chi connectivity index (χ4n) is 0.245. The molecule has 0 aliphatic carbocycles. The van der Waals surface area contributed by atoms with E-state index < -0.39 is 0 Å². The molecule has 0 spiro atoms. The molecule has 1 rings (SSSR count). The molecule has 0 saturated heterocycles. The Morgan fingerprint density at radius 1 is 1.71 bits per heavy atom. The van der Waals surface area contributed by atoms with Crippen molar-refractivity contribution < 1.29 is 18.9 Å². The van der Waals surface area contributed by atoms with Gasteiger partial charge in [-0.3, -0.25) is 0 Å². The second-order valence-electron chi connectivity index (χ2n) is 1.01. The minimum absolute atomic E-state index is 0. The van der Waals surface area contributed by atoms with Crippen molar-refractivity contribution in [2.24, 2.45) is 0 Å². The van der Waals surface area contributed by atoms with Gasteiger partial charge in [-0.2, -0.15) is 0 Å². The monoisotopic (exact) mass is 89.1 g/mol. The van der Waals surface area contributed by atoms with E-state index in [1.54, 1.807) is 6.92 Å². The number of rotatable bonds is 0. The van der Waals surface area contributed by atoms with Gasteiger partial charge < -0.3 is 15.2 Å². The van der Waals surface area contributed by atoms with Crippen LogP contribution in [0.1, 0.15) is 5.82 Å². The topological polar surface area (TPSA) is 39.9 Å². The summed E-state index contributed by atoms with van der Waals surface area (Å²) in [5, 5.41) is 7.02. The van der Waals surface area contributed by atoms with Gasteiger partial charge in [-0.25, -0.2) is 0 Å². The molecule has 0 amide bonds. The Hall–Kier alpha value is -0.263. The summed E-state index contributed by atoms with van der Waals surface area (Å²) in [7, 11) is 0. The van der Waals surface area contributed by atoms with Gasteiger partial charge in [0.05, 0.1) is 0 Å². The molecule has 0 fully saturated rings. The van der Waals surface area contributed by atoms with Crippen molar-refractivity contribution in [3.8, 4) is 0 Å². The van der Waals surface area contributed by atoms with Crippen LogP contribution in [-0.4, -0.2) is 10.2 Å². The minimum Gasteiger partial charge on any atom is -0.370 e. The van der Waals surface area contributed by atoms with Crippen LogP contribution in [0.5, 0.6) is 0 Å². The molecule has 0 saturated carbocycles. The van der Waals surface area contributed by atoms with E-state index in [9.17, 15) is 0 Å². The molecule has 1 aromatic rings. The summed E-state index contributed by atoms with van der Waals surface area (Å²) in [6, 6.07) is 0. The average molecular weight is 89.0 g/mol. The molecule has 3 nitrogen and oxygen atoms in total. The van der Waals surface area contributed by atoms with Crippen molar-refractivity contribution in [3.05, 3.63) is 12.2 Å². The molecular weight excluding hydrogens is 85.0 g/mol. The summed E-state index contributed by atoms with van der Waals surface area (Å²) >= 11 is 0. The molecule has 32 valence electrons. The van der Waals surface area contributed by atoms with Crippen molar-refractivity contribution in [2.75, 3.05) is 0 Å². The Kier molecular flexibility index (Phi) is 2.73. The van der Waals surface area contributed by atoms with Crippen LogP contribution in [0.15, 0.2) is 6.33 Å². The van der Waals surface area contributed by atoms with E-state index in [2.05, 4.69) is 15.2 Å². The van der Waals surface area contributed by atoms with Crippen molar-refractivity contribution in [2.45, 2.75) is 6.92 Å². The molecule has 7 heavy (non-hydrogen) atoms. The third-order valence-electron chi connectivity index (χ3n) is 0.499. The predicted octanol–water partition coefficient (Wildman–Crippen LogP) is -3.25. The molecule has 0 radical (unpaired) electrons. The van der Waals surface area contributed by atoms with Gasteiger partial charge in [0.15, 0.2) is 0 Å². The third kappa shape index (κ3) is 1.77. The SMILES string of the molecule is Cc1nnc[n-]1.[Li+]. The molecule has 0 N–H and O–H groups in total. The first-order valence-corrected chi connectivity index (χ1v) is 1.66. The summed E-state index contributed by atoms with van der Waals surface area (Å²) in [5.41, 5.74) is 0. The Morgan fingerprint density at radius 2 is 2.43 bits per heavy atom. The quantitative estimate of drug-likeness (QED) is 0.313. The van der Waals surface area contributed by atoms with Crippen molar-refractivity contribution >= 4 is 0 Å².